The SMILES string of the molecule is CC(Cc1nc2ccc(C(C)(C)C)cc2n1C)C1CCCNC1. The first-order valence-electron chi connectivity index (χ1n) is 9.03. The third kappa shape index (κ3) is 3.45. The van der Waals surface area contributed by atoms with Crippen molar-refractivity contribution in [2.45, 2.75) is 52.4 Å². The first kappa shape index (κ1) is 16.5. The topological polar surface area (TPSA) is 29.9 Å². The minimum Gasteiger partial charge on any atom is -0.331 e. The van der Waals surface area contributed by atoms with Crippen molar-refractivity contribution >= 4 is 11.0 Å². The standard InChI is InChI=1S/C20H31N3/c1-14(15-7-6-10-21-13-15)11-19-22-17-9-8-16(20(2,3)4)12-18(17)23(19)5/h8-9,12,14-15,21H,6-7,10-11,13H2,1-5H3. The molecule has 3 heteroatoms. The summed E-state index contributed by atoms with van der Waals surface area (Å²) in [4.78, 5) is 4.91. The predicted octanol–water partition coefficient (Wildman–Crippen LogP) is 4.05. The number of imidazole rings is 1. The van der Waals surface area contributed by atoms with Crippen LogP contribution in [0.4, 0.5) is 0 Å². The van der Waals surface area contributed by atoms with E-state index in [1.54, 1.807) is 0 Å². The average molecular weight is 313 g/mol. The van der Waals surface area contributed by atoms with E-state index in [1.807, 2.05) is 0 Å². The van der Waals surface area contributed by atoms with Crippen LogP contribution in [-0.2, 0) is 18.9 Å². The Morgan fingerprint density at radius 1 is 1.35 bits per heavy atom. The third-order valence-electron chi connectivity index (χ3n) is 5.48. The summed E-state index contributed by atoms with van der Waals surface area (Å²) in [5.41, 5.74) is 3.95. The summed E-state index contributed by atoms with van der Waals surface area (Å²) in [5, 5.41) is 3.54. The molecule has 1 fully saturated rings. The Morgan fingerprint density at radius 2 is 2.13 bits per heavy atom. The second kappa shape index (κ2) is 6.27. The zero-order valence-corrected chi connectivity index (χ0v) is 15.3. The second-order valence-electron chi connectivity index (χ2n) is 8.33. The van der Waals surface area contributed by atoms with Crippen LogP contribution in [0.25, 0.3) is 11.0 Å². The summed E-state index contributed by atoms with van der Waals surface area (Å²) in [5.74, 6) is 2.69. The van der Waals surface area contributed by atoms with Gasteiger partial charge in [-0.05, 0) is 60.9 Å². The molecule has 1 aromatic carbocycles. The maximum Gasteiger partial charge on any atom is 0.109 e. The minimum atomic E-state index is 0.180. The molecule has 2 atom stereocenters. The van der Waals surface area contributed by atoms with Gasteiger partial charge in [0.1, 0.15) is 5.82 Å². The summed E-state index contributed by atoms with van der Waals surface area (Å²) in [6.45, 7) is 11.5. The molecule has 0 saturated carbocycles. The molecule has 1 aliphatic heterocycles. The highest BCUT2D eigenvalue weighted by atomic mass is 15.1. The van der Waals surface area contributed by atoms with Gasteiger partial charge >= 0.3 is 0 Å². The van der Waals surface area contributed by atoms with Gasteiger partial charge in [-0.15, -0.1) is 0 Å². The number of rotatable bonds is 3. The van der Waals surface area contributed by atoms with Gasteiger partial charge in [0.15, 0.2) is 0 Å². The monoisotopic (exact) mass is 313 g/mol. The molecular formula is C20H31N3. The Morgan fingerprint density at radius 3 is 2.78 bits per heavy atom. The van der Waals surface area contributed by atoms with Gasteiger partial charge in [-0.25, -0.2) is 4.98 Å². The Balaban J connectivity index is 1.85. The van der Waals surface area contributed by atoms with Crippen molar-refractivity contribution in [1.29, 1.82) is 0 Å². The maximum absolute atomic E-state index is 4.91. The number of nitrogens with zero attached hydrogens (tertiary/aromatic N) is 2. The van der Waals surface area contributed by atoms with Gasteiger partial charge in [0.25, 0.3) is 0 Å². The molecule has 1 N–H and O–H groups in total. The minimum absolute atomic E-state index is 0.180. The van der Waals surface area contributed by atoms with Crippen molar-refractivity contribution in [2.75, 3.05) is 13.1 Å². The Hall–Kier alpha value is -1.35. The molecule has 3 nitrogen and oxygen atoms in total. The lowest BCUT2D eigenvalue weighted by atomic mass is 9.85. The van der Waals surface area contributed by atoms with E-state index in [2.05, 4.69) is 62.8 Å². The molecule has 0 spiro atoms. The summed E-state index contributed by atoms with van der Waals surface area (Å²) < 4.78 is 2.30. The van der Waals surface area contributed by atoms with Crippen molar-refractivity contribution < 1.29 is 0 Å². The van der Waals surface area contributed by atoms with E-state index in [4.69, 9.17) is 4.98 Å². The number of hydrogen-bond acceptors (Lipinski definition) is 2. The van der Waals surface area contributed by atoms with Gasteiger partial charge in [-0.2, -0.15) is 0 Å². The second-order valence-corrected chi connectivity index (χ2v) is 8.33. The van der Waals surface area contributed by atoms with Gasteiger partial charge in [0, 0.05) is 13.5 Å². The highest BCUT2D eigenvalue weighted by Crippen LogP contribution is 2.28. The molecule has 23 heavy (non-hydrogen) atoms. The lowest BCUT2D eigenvalue weighted by Gasteiger charge is -2.28. The smallest absolute Gasteiger partial charge is 0.109 e. The van der Waals surface area contributed by atoms with E-state index >= 15 is 0 Å². The Kier molecular flexibility index (Phi) is 4.50. The predicted molar refractivity (Wildman–Crippen MR) is 97.9 cm³/mol. The average Bonchev–Trinajstić information content (AvgIpc) is 2.83. The molecule has 1 saturated heterocycles. The number of fused-ring (bicyclic) bond motifs is 1. The van der Waals surface area contributed by atoms with E-state index < -0.39 is 0 Å². The quantitative estimate of drug-likeness (QED) is 0.926. The van der Waals surface area contributed by atoms with Crippen LogP contribution in [0.1, 0.15) is 51.9 Å². The van der Waals surface area contributed by atoms with Gasteiger partial charge in [0.05, 0.1) is 11.0 Å². The summed E-state index contributed by atoms with van der Waals surface area (Å²) in [6.07, 6.45) is 3.74. The summed E-state index contributed by atoms with van der Waals surface area (Å²) >= 11 is 0. The van der Waals surface area contributed by atoms with Crippen LogP contribution in [-0.4, -0.2) is 22.6 Å². The molecular weight excluding hydrogens is 282 g/mol. The van der Waals surface area contributed by atoms with Crippen LogP contribution in [0.15, 0.2) is 18.2 Å². The lowest BCUT2D eigenvalue weighted by molar-refractivity contribution is 0.275. The van der Waals surface area contributed by atoms with E-state index in [-0.39, 0.29) is 5.41 Å². The van der Waals surface area contributed by atoms with Crippen LogP contribution in [0.5, 0.6) is 0 Å². The zero-order valence-electron chi connectivity index (χ0n) is 15.3. The summed E-state index contributed by atoms with van der Waals surface area (Å²) in [6, 6.07) is 6.73. The van der Waals surface area contributed by atoms with Crippen molar-refractivity contribution in [2.24, 2.45) is 18.9 Å². The zero-order chi connectivity index (χ0) is 16.6. The molecule has 0 aliphatic carbocycles. The molecule has 0 amide bonds. The molecule has 3 rings (SSSR count). The van der Waals surface area contributed by atoms with Gasteiger partial charge < -0.3 is 9.88 Å². The van der Waals surface area contributed by atoms with Crippen molar-refractivity contribution in [1.82, 2.24) is 14.9 Å². The largest absolute Gasteiger partial charge is 0.331 e. The molecule has 2 aromatic rings. The van der Waals surface area contributed by atoms with Crippen molar-refractivity contribution in [3.63, 3.8) is 0 Å². The van der Waals surface area contributed by atoms with Crippen LogP contribution in [0.3, 0.4) is 0 Å². The number of aromatic nitrogens is 2. The first-order chi connectivity index (χ1) is 10.9. The number of benzene rings is 1. The number of piperidine rings is 1. The number of nitrogens with one attached hydrogen (secondary N) is 1. The molecule has 126 valence electrons. The van der Waals surface area contributed by atoms with Crippen molar-refractivity contribution in [3.8, 4) is 0 Å². The number of aryl methyl sites for hydroxylation is 1. The van der Waals surface area contributed by atoms with E-state index in [0.717, 1.165) is 17.9 Å². The van der Waals surface area contributed by atoms with Crippen molar-refractivity contribution in [3.05, 3.63) is 29.6 Å². The first-order valence-corrected chi connectivity index (χ1v) is 9.03. The van der Waals surface area contributed by atoms with E-state index in [9.17, 15) is 0 Å². The summed E-state index contributed by atoms with van der Waals surface area (Å²) in [7, 11) is 2.17. The van der Waals surface area contributed by atoms with Gasteiger partial charge in [-0.1, -0.05) is 33.8 Å². The molecule has 1 aliphatic rings. The molecule has 0 bridgehead atoms. The Bertz CT molecular complexity index is 672. The van der Waals surface area contributed by atoms with Crippen LogP contribution < -0.4 is 5.32 Å². The maximum atomic E-state index is 4.91. The van der Waals surface area contributed by atoms with E-state index in [1.165, 1.54) is 42.8 Å². The molecule has 0 radical (unpaired) electrons. The molecule has 2 unspecified atom stereocenters. The number of hydrogen-bond donors (Lipinski definition) is 1. The van der Waals surface area contributed by atoms with Gasteiger partial charge in [0.2, 0.25) is 0 Å². The third-order valence-corrected chi connectivity index (χ3v) is 5.48. The lowest BCUT2D eigenvalue weighted by Crippen LogP contribution is -2.34. The molecule has 1 aromatic heterocycles. The highest BCUT2D eigenvalue weighted by molar-refractivity contribution is 5.77. The fourth-order valence-electron chi connectivity index (χ4n) is 3.71. The fraction of sp³-hybridized carbons (Fsp3) is 0.650. The van der Waals surface area contributed by atoms with Gasteiger partial charge in [-0.3, -0.25) is 0 Å². The van der Waals surface area contributed by atoms with Crippen LogP contribution in [0, 0.1) is 11.8 Å². The Labute approximate surface area is 140 Å². The highest BCUT2D eigenvalue weighted by Gasteiger charge is 2.22. The fourth-order valence-corrected chi connectivity index (χ4v) is 3.71. The van der Waals surface area contributed by atoms with Crippen LogP contribution >= 0.6 is 0 Å². The van der Waals surface area contributed by atoms with E-state index in [0.29, 0.717) is 5.92 Å². The normalized spacial score (nSPS) is 20.8. The van der Waals surface area contributed by atoms with Crippen LogP contribution in [0.2, 0.25) is 0 Å². The molecule has 2 heterocycles.